The Hall–Kier alpha value is 0.220. The largest absolute Gasteiger partial charge is 0.225 e. The lowest BCUT2D eigenvalue weighted by atomic mass is 10.1. The summed E-state index contributed by atoms with van der Waals surface area (Å²) >= 11 is 5.42. The molecule has 0 amide bonds. The van der Waals surface area contributed by atoms with Crippen molar-refractivity contribution in [2.45, 2.75) is 25.9 Å². The topological polar surface area (TPSA) is 0 Å². The van der Waals surface area contributed by atoms with E-state index < -0.39 is 5.13 Å². The molecule has 0 aromatic heterocycles. The van der Waals surface area contributed by atoms with Crippen LogP contribution in [0.15, 0.2) is 0 Å². The van der Waals surface area contributed by atoms with Crippen molar-refractivity contribution in [3.63, 3.8) is 0 Å². The number of hydrogen-bond acceptors (Lipinski definition) is 0. The molecule has 2 atom stereocenters. The Balaban J connectivity index is 2.72. The second kappa shape index (κ2) is 1.21. The third-order valence-corrected chi connectivity index (χ3v) is 3.22. The van der Waals surface area contributed by atoms with Gasteiger partial charge in [0.15, 0.2) is 5.13 Å². The molecule has 0 nitrogen and oxygen atoms in total. The monoisotopic (exact) mass is 136 g/mol. The molecule has 0 heterocycles. The summed E-state index contributed by atoms with van der Waals surface area (Å²) in [5.41, 5.74) is -0.297. The summed E-state index contributed by atoms with van der Waals surface area (Å²) in [6.07, 6.45) is 0. The molecule has 0 aliphatic heterocycles. The van der Waals surface area contributed by atoms with Crippen LogP contribution in [0.25, 0.3) is 0 Å². The zero-order valence-electron chi connectivity index (χ0n) is 5.33. The van der Waals surface area contributed by atoms with E-state index in [2.05, 4.69) is 0 Å². The summed E-state index contributed by atoms with van der Waals surface area (Å²) in [7, 11) is 0. The smallest absolute Gasteiger partial charge is 0.192 e. The fourth-order valence-corrected chi connectivity index (χ4v) is 1.28. The Morgan fingerprint density at radius 1 is 1.50 bits per heavy atom. The van der Waals surface area contributed by atoms with Crippen LogP contribution in [0, 0.1) is 11.3 Å². The van der Waals surface area contributed by atoms with Crippen LogP contribution in [0.5, 0.6) is 0 Å². The van der Waals surface area contributed by atoms with E-state index >= 15 is 0 Å². The van der Waals surface area contributed by atoms with Gasteiger partial charge in [0, 0.05) is 11.3 Å². The van der Waals surface area contributed by atoms with Gasteiger partial charge in [0.25, 0.3) is 0 Å². The lowest BCUT2D eigenvalue weighted by Crippen LogP contribution is -1.97. The molecule has 0 radical (unpaired) electrons. The van der Waals surface area contributed by atoms with Gasteiger partial charge in [0.1, 0.15) is 0 Å². The zero-order valence-corrected chi connectivity index (χ0v) is 6.09. The number of hydrogen-bond donors (Lipinski definition) is 0. The molecule has 1 fully saturated rings. The standard InChI is InChI=1S/C6H10ClF/c1-4-5(2,3)6(4,7)8/h4H,1-3H3/t4-,6?/m0/s1. The van der Waals surface area contributed by atoms with Gasteiger partial charge < -0.3 is 0 Å². The van der Waals surface area contributed by atoms with Gasteiger partial charge in [-0.25, -0.2) is 4.39 Å². The molecule has 0 aromatic rings. The average Bonchev–Trinajstić information content (AvgIpc) is 1.88. The van der Waals surface area contributed by atoms with Gasteiger partial charge in [-0.05, 0) is 0 Å². The predicted molar refractivity (Wildman–Crippen MR) is 32.6 cm³/mol. The first kappa shape index (κ1) is 6.34. The minimum absolute atomic E-state index is 0.0108. The molecule has 1 aliphatic rings. The van der Waals surface area contributed by atoms with Gasteiger partial charge >= 0.3 is 0 Å². The molecule has 1 aliphatic carbocycles. The Bertz CT molecular complexity index is 104. The van der Waals surface area contributed by atoms with E-state index in [1.165, 1.54) is 0 Å². The molecular formula is C6H10ClF. The first-order valence-electron chi connectivity index (χ1n) is 2.78. The maximum Gasteiger partial charge on any atom is 0.192 e. The lowest BCUT2D eigenvalue weighted by molar-refractivity contribution is 0.348. The van der Waals surface area contributed by atoms with E-state index in [1.54, 1.807) is 0 Å². The summed E-state index contributed by atoms with van der Waals surface area (Å²) < 4.78 is 12.7. The first-order chi connectivity index (χ1) is 3.40. The summed E-state index contributed by atoms with van der Waals surface area (Å²) in [4.78, 5) is 0. The van der Waals surface area contributed by atoms with Crippen molar-refractivity contribution in [1.82, 2.24) is 0 Å². The highest BCUT2D eigenvalue weighted by Gasteiger charge is 2.69. The fraction of sp³-hybridized carbons (Fsp3) is 1.00. The van der Waals surface area contributed by atoms with Crippen molar-refractivity contribution in [2.24, 2.45) is 11.3 Å². The van der Waals surface area contributed by atoms with Crippen LogP contribution < -0.4 is 0 Å². The molecule has 2 heteroatoms. The number of rotatable bonds is 0. The number of alkyl halides is 2. The molecule has 0 bridgehead atoms. The third-order valence-electron chi connectivity index (χ3n) is 2.40. The molecule has 0 N–H and O–H groups in total. The van der Waals surface area contributed by atoms with E-state index in [4.69, 9.17) is 11.6 Å². The molecule has 1 rings (SSSR count). The van der Waals surface area contributed by atoms with Crippen LogP contribution in [0.4, 0.5) is 4.39 Å². The van der Waals surface area contributed by atoms with Crippen LogP contribution in [0.2, 0.25) is 0 Å². The second-order valence-corrected chi connectivity index (χ2v) is 3.62. The molecule has 0 saturated heterocycles. The van der Waals surface area contributed by atoms with Crippen LogP contribution in [-0.2, 0) is 0 Å². The summed E-state index contributed by atoms with van der Waals surface area (Å²) in [6.45, 7) is 5.50. The molecular weight excluding hydrogens is 127 g/mol. The van der Waals surface area contributed by atoms with Crippen LogP contribution in [0.3, 0.4) is 0 Å². The van der Waals surface area contributed by atoms with E-state index in [0.29, 0.717) is 0 Å². The second-order valence-electron chi connectivity index (χ2n) is 3.07. The minimum Gasteiger partial charge on any atom is -0.225 e. The van der Waals surface area contributed by atoms with E-state index in [0.717, 1.165) is 0 Å². The van der Waals surface area contributed by atoms with Crippen LogP contribution in [0.1, 0.15) is 20.8 Å². The van der Waals surface area contributed by atoms with Crippen molar-refractivity contribution in [3.8, 4) is 0 Å². The Labute approximate surface area is 54.0 Å². The molecule has 1 saturated carbocycles. The van der Waals surface area contributed by atoms with Crippen LogP contribution >= 0.6 is 11.6 Å². The molecule has 1 unspecified atom stereocenters. The maximum absolute atomic E-state index is 12.7. The highest BCUT2D eigenvalue weighted by molar-refractivity contribution is 6.25. The van der Waals surface area contributed by atoms with Gasteiger partial charge in [-0.2, -0.15) is 0 Å². The van der Waals surface area contributed by atoms with E-state index in [-0.39, 0.29) is 11.3 Å². The van der Waals surface area contributed by atoms with Crippen LogP contribution in [-0.4, -0.2) is 5.13 Å². The Morgan fingerprint density at radius 2 is 1.62 bits per heavy atom. The predicted octanol–water partition coefficient (Wildman–Crippen LogP) is 2.57. The van der Waals surface area contributed by atoms with E-state index in [9.17, 15) is 4.39 Å². The van der Waals surface area contributed by atoms with Gasteiger partial charge in [0.2, 0.25) is 0 Å². The Kier molecular flexibility index (Phi) is 0.956. The first-order valence-corrected chi connectivity index (χ1v) is 3.16. The molecule has 48 valence electrons. The highest BCUT2D eigenvalue weighted by Crippen LogP contribution is 2.66. The van der Waals surface area contributed by atoms with Gasteiger partial charge in [-0.1, -0.05) is 32.4 Å². The number of halogens is 2. The van der Waals surface area contributed by atoms with Crippen molar-refractivity contribution in [1.29, 1.82) is 0 Å². The van der Waals surface area contributed by atoms with Gasteiger partial charge in [0.05, 0.1) is 0 Å². The third kappa shape index (κ3) is 0.459. The maximum atomic E-state index is 12.7. The Morgan fingerprint density at radius 3 is 1.62 bits per heavy atom. The summed E-state index contributed by atoms with van der Waals surface area (Å²) in [5, 5.41) is -1.42. The van der Waals surface area contributed by atoms with E-state index in [1.807, 2.05) is 20.8 Å². The average molecular weight is 137 g/mol. The fourth-order valence-electron chi connectivity index (χ4n) is 0.898. The van der Waals surface area contributed by atoms with Gasteiger partial charge in [-0.15, -0.1) is 0 Å². The van der Waals surface area contributed by atoms with Crippen molar-refractivity contribution >= 4 is 11.6 Å². The molecule has 0 aromatic carbocycles. The van der Waals surface area contributed by atoms with Gasteiger partial charge in [-0.3, -0.25) is 0 Å². The quantitative estimate of drug-likeness (QED) is 0.449. The zero-order chi connectivity index (χ0) is 6.58. The highest BCUT2D eigenvalue weighted by atomic mass is 35.5. The van der Waals surface area contributed by atoms with Crippen molar-refractivity contribution < 1.29 is 4.39 Å². The molecule has 0 spiro atoms. The van der Waals surface area contributed by atoms with Crippen molar-refractivity contribution in [2.75, 3.05) is 0 Å². The normalized spacial score (nSPS) is 51.4. The molecule has 8 heavy (non-hydrogen) atoms. The SMILES string of the molecule is C[C@H]1C(C)(C)C1(F)Cl. The minimum atomic E-state index is -1.42. The lowest BCUT2D eigenvalue weighted by Gasteiger charge is -1.97. The van der Waals surface area contributed by atoms with Crippen molar-refractivity contribution in [3.05, 3.63) is 0 Å². The summed E-state index contributed by atoms with van der Waals surface area (Å²) in [5.74, 6) is 0.0108. The summed E-state index contributed by atoms with van der Waals surface area (Å²) in [6, 6.07) is 0.